The average Bonchev–Trinajstić information content (AvgIpc) is 2.76. The molecular weight excluding hydrogens is 290 g/mol. The lowest BCUT2D eigenvalue weighted by molar-refractivity contribution is 1.03. The number of rotatable bonds is 2. The Hall–Kier alpha value is -1.78. The Balaban J connectivity index is 2.42. The molecule has 1 heterocycles. The Morgan fingerprint density at radius 3 is 2.60 bits per heavy atom. The second-order valence-electron chi connectivity index (χ2n) is 4.78. The van der Waals surface area contributed by atoms with Gasteiger partial charge in [-0.3, -0.25) is 4.57 Å². The molecule has 0 bridgehead atoms. The zero-order chi connectivity index (χ0) is 14.3. The van der Waals surface area contributed by atoms with Crippen LogP contribution in [0.4, 0.5) is 5.69 Å². The van der Waals surface area contributed by atoms with Crippen molar-refractivity contribution in [2.45, 2.75) is 0 Å². The van der Waals surface area contributed by atoms with Gasteiger partial charge >= 0.3 is 0 Å². The summed E-state index contributed by atoms with van der Waals surface area (Å²) in [6.07, 6.45) is 0. The van der Waals surface area contributed by atoms with E-state index < -0.39 is 0 Å². The first-order chi connectivity index (χ1) is 9.59. The Labute approximate surface area is 127 Å². The topological polar surface area (TPSA) is 24.0 Å². The van der Waals surface area contributed by atoms with Crippen molar-refractivity contribution < 1.29 is 0 Å². The van der Waals surface area contributed by atoms with Crippen LogP contribution in [0.3, 0.4) is 0 Å². The summed E-state index contributed by atoms with van der Waals surface area (Å²) in [6, 6.07) is 13.9. The maximum absolute atomic E-state index is 6.36. The van der Waals surface area contributed by atoms with E-state index in [2.05, 4.69) is 16.0 Å². The molecule has 102 valence electrons. The van der Waals surface area contributed by atoms with E-state index in [4.69, 9.17) is 23.8 Å². The van der Waals surface area contributed by atoms with Gasteiger partial charge in [-0.15, -0.1) is 0 Å². The molecule has 0 aliphatic heterocycles. The number of fused-ring (bicyclic) bond motifs is 1. The maximum atomic E-state index is 6.36. The first kappa shape index (κ1) is 13.2. The molecule has 3 nitrogen and oxygen atoms in total. The number of nitrogens with one attached hydrogen (secondary N) is 1. The summed E-state index contributed by atoms with van der Waals surface area (Å²) in [6.45, 7) is 0. The van der Waals surface area contributed by atoms with Gasteiger partial charge in [0.25, 0.3) is 0 Å². The van der Waals surface area contributed by atoms with Crippen LogP contribution in [0.25, 0.3) is 16.7 Å². The first-order valence-corrected chi connectivity index (χ1v) is 7.04. The molecule has 0 saturated heterocycles. The number of imidazole rings is 1. The maximum Gasteiger partial charge on any atom is 0.182 e. The number of aromatic amines is 1. The summed E-state index contributed by atoms with van der Waals surface area (Å²) >= 11 is 11.8. The first-order valence-electron chi connectivity index (χ1n) is 6.25. The molecular formula is C15H14ClN3S. The summed E-state index contributed by atoms with van der Waals surface area (Å²) in [5.41, 5.74) is 3.95. The van der Waals surface area contributed by atoms with Crippen molar-refractivity contribution in [3.05, 3.63) is 52.3 Å². The van der Waals surface area contributed by atoms with Gasteiger partial charge in [-0.05, 0) is 36.5 Å². The van der Waals surface area contributed by atoms with Gasteiger partial charge in [0, 0.05) is 14.1 Å². The monoisotopic (exact) mass is 303 g/mol. The molecule has 0 amide bonds. The van der Waals surface area contributed by atoms with E-state index in [1.54, 1.807) is 0 Å². The lowest BCUT2D eigenvalue weighted by atomic mass is 10.2. The number of benzene rings is 2. The highest BCUT2D eigenvalue weighted by atomic mass is 35.5. The highest BCUT2D eigenvalue weighted by molar-refractivity contribution is 7.71. The van der Waals surface area contributed by atoms with Crippen LogP contribution < -0.4 is 4.90 Å². The molecule has 20 heavy (non-hydrogen) atoms. The van der Waals surface area contributed by atoms with Crippen molar-refractivity contribution in [2.75, 3.05) is 19.0 Å². The number of hydrogen-bond acceptors (Lipinski definition) is 2. The lowest BCUT2D eigenvalue weighted by Crippen LogP contribution is -2.12. The molecule has 0 radical (unpaired) electrons. The van der Waals surface area contributed by atoms with Crippen LogP contribution in [0.2, 0.25) is 5.02 Å². The number of nitrogens with zero attached hydrogens (tertiary/aromatic N) is 2. The van der Waals surface area contributed by atoms with Gasteiger partial charge in [0.1, 0.15) is 0 Å². The number of halogens is 1. The van der Waals surface area contributed by atoms with E-state index >= 15 is 0 Å². The summed E-state index contributed by atoms with van der Waals surface area (Å²) in [7, 11) is 4.03. The van der Waals surface area contributed by atoms with Crippen LogP contribution in [0.5, 0.6) is 0 Å². The Morgan fingerprint density at radius 2 is 1.85 bits per heavy atom. The molecule has 0 fully saturated rings. The average molecular weight is 304 g/mol. The van der Waals surface area contributed by atoms with Crippen LogP contribution in [0.1, 0.15) is 0 Å². The lowest BCUT2D eigenvalue weighted by Gasteiger charge is -2.18. The molecule has 0 aliphatic carbocycles. The summed E-state index contributed by atoms with van der Waals surface area (Å²) in [4.78, 5) is 5.27. The van der Waals surface area contributed by atoms with Gasteiger partial charge in [0.05, 0.1) is 27.4 Å². The van der Waals surface area contributed by atoms with Crippen LogP contribution in [-0.2, 0) is 0 Å². The molecule has 3 aromatic rings. The van der Waals surface area contributed by atoms with E-state index in [1.807, 2.05) is 55.1 Å². The number of hydrogen-bond donors (Lipinski definition) is 1. The van der Waals surface area contributed by atoms with Crippen molar-refractivity contribution in [1.29, 1.82) is 0 Å². The zero-order valence-corrected chi connectivity index (χ0v) is 12.8. The van der Waals surface area contributed by atoms with E-state index in [1.165, 1.54) is 0 Å². The van der Waals surface area contributed by atoms with Crippen LogP contribution in [0.15, 0.2) is 42.5 Å². The van der Waals surface area contributed by atoms with Gasteiger partial charge < -0.3 is 9.88 Å². The van der Waals surface area contributed by atoms with Gasteiger partial charge in [-0.25, -0.2) is 0 Å². The van der Waals surface area contributed by atoms with Crippen LogP contribution in [-0.4, -0.2) is 23.6 Å². The third-order valence-electron chi connectivity index (χ3n) is 3.26. The third-order valence-corrected chi connectivity index (χ3v) is 3.85. The molecule has 0 saturated carbocycles. The summed E-state index contributed by atoms with van der Waals surface area (Å²) in [5.74, 6) is 0. The molecule has 1 aromatic heterocycles. The third kappa shape index (κ3) is 2.01. The summed E-state index contributed by atoms with van der Waals surface area (Å²) in [5, 5.41) is 0.684. The van der Waals surface area contributed by atoms with E-state index in [-0.39, 0.29) is 0 Å². The van der Waals surface area contributed by atoms with Gasteiger partial charge in [0.15, 0.2) is 4.77 Å². The largest absolute Gasteiger partial charge is 0.376 e. The molecule has 0 spiro atoms. The summed E-state index contributed by atoms with van der Waals surface area (Å²) < 4.78 is 2.63. The molecule has 3 rings (SSSR count). The van der Waals surface area contributed by atoms with Crippen molar-refractivity contribution in [1.82, 2.24) is 9.55 Å². The minimum Gasteiger partial charge on any atom is -0.376 e. The molecule has 0 unspecified atom stereocenters. The minimum absolute atomic E-state index is 0.641. The van der Waals surface area contributed by atoms with Crippen molar-refractivity contribution in [3.8, 4) is 5.69 Å². The van der Waals surface area contributed by atoms with Gasteiger partial charge in [-0.1, -0.05) is 29.8 Å². The fraction of sp³-hybridized carbons (Fsp3) is 0.133. The molecule has 0 atom stereocenters. The predicted octanol–water partition coefficient (Wildman–Crippen LogP) is 4.41. The number of aromatic nitrogens is 2. The molecule has 2 aromatic carbocycles. The fourth-order valence-corrected chi connectivity index (χ4v) is 2.94. The van der Waals surface area contributed by atoms with Gasteiger partial charge in [0.2, 0.25) is 0 Å². The molecule has 5 heteroatoms. The Kier molecular flexibility index (Phi) is 3.28. The van der Waals surface area contributed by atoms with E-state index in [0.717, 1.165) is 22.4 Å². The smallest absolute Gasteiger partial charge is 0.182 e. The standard InChI is InChI=1S/C15H14ClN3S/c1-18(2)12-8-3-4-9-13(12)19-14-10(16)6-5-7-11(14)17-15(19)20/h3-9H,1-2H3,(H,17,20). The highest BCUT2D eigenvalue weighted by Crippen LogP contribution is 2.30. The van der Waals surface area contributed by atoms with Crippen molar-refractivity contribution in [2.24, 2.45) is 0 Å². The zero-order valence-electron chi connectivity index (χ0n) is 11.2. The Bertz CT molecular complexity index is 832. The second-order valence-corrected chi connectivity index (χ2v) is 5.58. The SMILES string of the molecule is CN(C)c1ccccc1-n1c(=S)[nH]c2cccc(Cl)c21. The van der Waals surface area contributed by atoms with Crippen LogP contribution in [0, 0.1) is 4.77 Å². The predicted molar refractivity (Wildman–Crippen MR) is 87.8 cm³/mol. The molecule has 1 N–H and O–H groups in total. The molecule has 0 aliphatic rings. The van der Waals surface area contributed by atoms with Crippen LogP contribution >= 0.6 is 23.8 Å². The number of H-pyrrole nitrogens is 1. The van der Waals surface area contributed by atoms with Gasteiger partial charge in [-0.2, -0.15) is 0 Å². The van der Waals surface area contributed by atoms with E-state index in [9.17, 15) is 0 Å². The van der Waals surface area contributed by atoms with E-state index in [0.29, 0.717) is 9.79 Å². The fourth-order valence-electron chi connectivity index (χ4n) is 2.38. The Morgan fingerprint density at radius 1 is 1.10 bits per heavy atom. The second kappa shape index (κ2) is 4.96. The highest BCUT2D eigenvalue weighted by Gasteiger charge is 2.13. The number of para-hydroxylation sites is 3. The normalized spacial score (nSPS) is 10.9. The minimum atomic E-state index is 0.641. The van der Waals surface area contributed by atoms with Crippen molar-refractivity contribution in [3.63, 3.8) is 0 Å². The quantitative estimate of drug-likeness (QED) is 0.709. The van der Waals surface area contributed by atoms with Crippen molar-refractivity contribution >= 4 is 40.5 Å². The number of anilines is 1.